The van der Waals surface area contributed by atoms with Gasteiger partial charge in [0.15, 0.2) is 5.69 Å². The number of esters is 1. The molecule has 1 aromatic rings. The van der Waals surface area contributed by atoms with Gasteiger partial charge in [-0.15, -0.1) is 0 Å². The van der Waals surface area contributed by atoms with Gasteiger partial charge < -0.3 is 15.0 Å². The van der Waals surface area contributed by atoms with Crippen molar-refractivity contribution in [3.63, 3.8) is 0 Å². The predicted octanol–water partition coefficient (Wildman–Crippen LogP) is 1.08. The molecule has 0 radical (unpaired) electrons. The van der Waals surface area contributed by atoms with Crippen LogP contribution in [0.1, 0.15) is 37.2 Å². The number of hydrogen-bond acceptors (Lipinski definition) is 6. The second-order valence-electron chi connectivity index (χ2n) is 4.93. The molecule has 0 bridgehead atoms. The Bertz CT molecular complexity index is 521. The second kappa shape index (κ2) is 7.01. The molecule has 1 aliphatic heterocycles. The van der Waals surface area contributed by atoms with Crippen LogP contribution in [0.25, 0.3) is 0 Å². The molecule has 1 fully saturated rings. The standard InChI is InChI=1S/C14H20N4O3/c1-3-21-13(20)12-6-7-15-14(17-12)16-11-5-4-8-18(9-11)10(2)19/h6-7,11H,3-5,8-9H2,1-2H3,(H,15,16,17)/t11-/m1/s1. The number of nitrogens with zero attached hydrogens (tertiary/aromatic N) is 3. The number of amides is 1. The Balaban J connectivity index is 2.01. The van der Waals surface area contributed by atoms with E-state index in [2.05, 4.69) is 15.3 Å². The number of anilines is 1. The molecule has 1 saturated heterocycles. The summed E-state index contributed by atoms with van der Waals surface area (Å²) in [5.74, 6) is -0.00407. The molecule has 7 nitrogen and oxygen atoms in total. The van der Waals surface area contributed by atoms with Gasteiger partial charge in [0.1, 0.15) is 0 Å². The van der Waals surface area contributed by atoms with Crippen LogP contribution in [-0.2, 0) is 9.53 Å². The first kappa shape index (κ1) is 15.2. The molecule has 1 aliphatic rings. The molecule has 1 atom stereocenters. The molecule has 1 N–H and O–H groups in total. The highest BCUT2D eigenvalue weighted by molar-refractivity contribution is 5.87. The van der Waals surface area contributed by atoms with E-state index in [0.717, 1.165) is 19.4 Å². The Kier molecular flexibility index (Phi) is 5.08. The summed E-state index contributed by atoms with van der Waals surface area (Å²) in [5.41, 5.74) is 0.230. The topological polar surface area (TPSA) is 84.4 Å². The highest BCUT2D eigenvalue weighted by Gasteiger charge is 2.22. The molecule has 0 unspecified atom stereocenters. The van der Waals surface area contributed by atoms with Gasteiger partial charge in [-0.05, 0) is 25.8 Å². The smallest absolute Gasteiger partial charge is 0.357 e. The molecule has 0 spiro atoms. The van der Waals surface area contributed by atoms with E-state index in [1.54, 1.807) is 18.7 Å². The van der Waals surface area contributed by atoms with Crippen LogP contribution in [0.15, 0.2) is 12.3 Å². The summed E-state index contributed by atoms with van der Waals surface area (Å²) in [6, 6.07) is 1.62. The number of piperidine rings is 1. The van der Waals surface area contributed by atoms with Gasteiger partial charge in [0.05, 0.1) is 6.61 Å². The number of ether oxygens (including phenoxy) is 1. The highest BCUT2D eigenvalue weighted by atomic mass is 16.5. The van der Waals surface area contributed by atoms with Crippen LogP contribution in [0.3, 0.4) is 0 Å². The molecule has 0 aliphatic carbocycles. The quantitative estimate of drug-likeness (QED) is 0.836. The van der Waals surface area contributed by atoms with Crippen molar-refractivity contribution in [3.8, 4) is 0 Å². The van der Waals surface area contributed by atoms with Crippen LogP contribution in [0.5, 0.6) is 0 Å². The molecule has 21 heavy (non-hydrogen) atoms. The summed E-state index contributed by atoms with van der Waals surface area (Å²) in [4.78, 5) is 33.1. The maximum absolute atomic E-state index is 11.6. The fourth-order valence-corrected chi connectivity index (χ4v) is 2.31. The van der Waals surface area contributed by atoms with Gasteiger partial charge in [-0.3, -0.25) is 4.79 Å². The minimum Gasteiger partial charge on any atom is -0.461 e. The Morgan fingerprint density at radius 2 is 2.33 bits per heavy atom. The Labute approximate surface area is 123 Å². The summed E-state index contributed by atoms with van der Waals surface area (Å²) in [7, 11) is 0. The van der Waals surface area contributed by atoms with Crippen LogP contribution in [-0.4, -0.2) is 52.5 Å². The van der Waals surface area contributed by atoms with Crippen molar-refractivity contribution in [2.75, 3.05) is 25.0 Å². The lowest BCUT2D eigenvalue weighted by atomic mass is 10.1. The van der Waals surface area contributed by atoms with E-state index < -0.39 is 5.97 Å². The van der Waals surface area contributed by atoms with E-state index in [1.807, 2.05) is 0 Å². The molecular formula is C14H20N4O3. The molecule has 0 aromatic carbocycles. The van der Waals surface area contributed by atoms with Crippen molar-refractivity contribution >= 4 is 17.8 Å². The average molecular weight is 292 g/mol. The summed E-state index contributed by atoms with van der Waals surface area (Å²) in [6.45, 7) is 5.04. The first-order valence-corrected chi connectivity index (χ1v) is 7.12. The molecular weight excluding hydrogens is 272 g/mol. The van der Waals surface area contributed by atoms with E-state index >= 15 is 0 Å². The van der Waals surface area contributed by atoms with Crippen LogP contribution >= 0.6 is 0 Å². The van der Waals surface area contributed by atoms with Crippen molar-refractivity contribution in [1.29, 1.82) is 0 Å². The zero-order chi connectivity index (χ0) is 15.2. The van der Waals surface area contributed by atoms with E-state index in [-0.39, 0.29) is 17.6 Å². The Hall–Kier alpha value is -2.18. The van der Waals surface area contributed by atoms with Crippen molar-refractivity contribution < 1.29 is 14.3 Å². The molecule has 7 heteroatoms. The number of nitrogens with one attached hydrogen (secondary N) is 1. The number of likely N-dealkylation sites (tertiary alicyclic amines) is 1. The fourth-order valence-electron chi connectivity index (χ4n) is 2.31. The minimum absolute atomic E-state index is 0.0719. The third-order valence-electron chi connectivity index (χ3n) is 3.34. The second-order valence-corrected chi connectivity index (χ2v) is 4.93. The Morgan fingerprint density at radius 3 is 3.05 bits per heavy atom. The number of carbonyl (C=O) groups is 2. The van der Waals surface area contributed by atoms with Crippen LogP contribution < -0.4 is 5.32 Å². The highest BCUT2D eigenvalue weighted by Crippen LogP contribution is 2.14. The SMILES string of the molecule is CCOC(=O)c1ccnc(N[C@@H]2CCCN(C(C)=O)C2)n1. The monoisotopic (exact) mass is 292 g/mol. The van der Waals surface area contributed by atoms with Gasteiger partial charge in [0.2, 0.25) is 11.9 Å². The normalized spacial score (nSPS) is 18.2. The van der Waals surface area contributed by atoms with E-state index in [1.165, 1.54) is 12.3 Å². The molecule has 1 aromatic heterocycles. The number of rotatable bonds is 4. The number of aromatic nitrogens is 2. The maximum atomic E-state index is 11.6. The predicted molar refractivity (Wildman–Crippen MR) is 76.9 cm³/mol. The number of hydrogen-bond donors (Lipinski definition) is 1. The average Bonchev–Trinajstić information content (AvgIpc) is 2.48. The molecule has 2 heterocycles. The lowest BCUT2D eigenvalue weighted by Gasteiger charge is -2.32. The van der Waals surface area contributed by atoms with Gasteiger partial charge >= 0.3 is 5.97 Å². The lowest BCUT2D eigenvalue weighted by molar-refractivity contribution is -0.129. The first-order valence-electron chi connectivity index (χ1n) is 7.12. The van der Waals surface area contributed by atoms with Gasteiger partial charge in [-0.25, -0.2) is 14.8 Å². The van der Waals surface area contributed by atoms with Crippen molar-refractivity contribution in [3.05, 3.63) is 18.0 Å². The summed E-state index contributed by atoms with van der Waals surface area (Å²) in [6.07, 6.45) is 3.40. The third-order valence-corrected chi connectivity index (χ3v) is 3.34. The van der Waals surface area contributed by atoms with Crippen molar-refractivity contribution in [1.82, 2.24) is 14.9 Å². The number of carbonyl (C=O) groups excluding carboxylic acids is 2. The van der Waals surface area contributed by atoms with Crippen molar-refractivity contribution in [2.24, 2.45) is 0 Å². The molecule has 2 rings (SSSR count). The third kappa shape index (κ3) is 4.14. The van der Waals surface area contributed by atoms with E-state index in [9.17, 15) is 9.59 Å². The molecule has 1 amide bonds. The van der Waals surface area contributed by atoms with Crippen LogP contribution in [0.2, 0.25) is 0 Å². The maximum Gasteiger partial charge on any atom is 0.357 e. The summed E-state index contributed by atoms with van der Waals surface area (Å²) >= 11 is 0. The van der Waals surface area contributed by atoms with E-state index in [0.29, 0.717) is 19.1 Å². The van der Waals surface area contributed by atoms with Gasteiger partial charge in [0.25, 0.3) is 0 Å². The van der Waals surface area contributed by atoms with E-state index in [4.69, 9.17) is 4.74 Å². The Morgan fingerprint density at radius 1 is 1.52 bits per heavy atom. The first-order chi connectivity index (χ1) is 10.1. The molecule has 114 valence electrons. The largest absolute Gasteiger partial charge is 0.461 e. The van der Waals surface area contributed by atoms with Crippen LogP contribution in [0.4, 0.5) is 5.95 Å². The van der Waals surface area contributed by atoms with Gasteiger partial charge in [-0.1, -0.05) is 0 Å². The fraction of sp³-hybridized carbons (Fsp3) is 0.571. The summed E-state index contributed by atoms with van der Waals surface area (Å²) < 4.78 is 4.91. The van der Waals surface area contributed by atoms with Gasteiger partial charge in [-0.2, -0.15) is 0 Å². The minimum atomic E-state index is -0.461. The lowest BCUT2D eigenvalue weighted by Crippen LogP contribution is -2.44. The summed E-state index contributed by atoms with van der Waals surface area (Å²) in [5, 5.41) is 3.18. The zero-order valence-electron chi connectivity index (χ0n) is 12.3. The molecule has 0 saturated carbocycles. The van der Waals surface area contributed by atoms with Crippen molar-refractivity contribution in [2.45, 2.75) is 32.7 Å². The zero-order valence-corrected chi connectivity index (χ0v) is 12.3. The van der Waals surface area contributed by atoms with Crippen LogP contribution in [0, 0.1) is 0 Å². The van der Waals surface area contributed by atoms with Gasteiger partial charge in [0, 0.05) is 32.3 Å².